The first-order valence-corrected chi connectivity index (χ1v) is 12.8. The van der Waals surface area contributed by atoms with Crippen LogP contribution in [0.2, 0.25) is 0 Å². The standard InChI is InChI=1S/C27H30N4O2S/c1-33-23-7-3-2-6-20(23)12-16-31-18-30-26-25(27(31)32)22-9-8-21(17-24(22)34-26)29-13-4-5-19-10-14-28-15-11-19/h2-3,6-7,10-11,14-15,18,21,29H,4-5,8-9,12-13,16-17H2,1H3. The molecule has 6 nitrogen and oxygen atoms in total. The van der Waals surface area contributed by atoms with Gasteiger partial charge >= 0.3 is 0 Å². The molecule has 1 aliphatic carbocycles. The van der Waals surface area contributed by atoms with Crippen LogP contribution in [0.15, 0.2) is 59.9 Å². The second kappa shape index (κ2) is 10.5. The number of nitrogens with one attached hydrogen (secondary N) is 1. The van der Waals surface area contributed by atoms with Crippen LogP contribution in [0.3, 0.4) is 0 Å². The minimum Gasteiger partial charge on any atom is -0.496 e. The summed E-state index contributed by atoms with van der Waals surface area (Å²) in [6, 6.07) is 12.6. The number of fused-ring (bicyclic) bond motifs is 3. The molecule has 0 bridgehead atoms. The number of thiophene rings is 1. The van der Waals surface area contributed by atoms with Crippen LogP contribution in [0.5, 0.6) is 5.75 Å². The lowest BCUT2D eigenvalue weighted by Crippen LogP contribution is -2.35. The Morgan fingerprint density at radius 2 is 2.03 bits per heavy atom. The van der Waals surface area contributed by atoms with Gasteiger partial charge < -0.3 is 10.1 Å². The molecule has 1 unspecified atom stereocenters. The highest BCUT2D eigenvalue weighted by Gasteiger charge is 2.25. The van der Waals surface area contributed by atoms with Gasteiger partial charge in [0.25, 0.3) is 5.56 Å². The number of aromatic nitrogens is 3. The molecule has 0 radical (unpaired) electrons. The largest absolute Gasteiger partial charge is 0.496 e. The molecule has 0 saturated carbocycles. The number of nitrogens with zero attached hydrogens (tertiary/aromatic N) is 3. The van der Waals surface area contributed by atoms with E-state index in [0.29, 0.717) is 12.6 Å². The maximum Gasteiger partial charge on any atom is 0.262 e. The van der Waals surface area contributed by atoms with Crippen LogP contribution in [0, 0.1) is 0 Å². The fourth-order valence-electron chi connectivity index (χ4n) is 4.83. The number of pyridine rings is 1. The summed E-state index contributed by atoms with van der Waals surface area (Å²) in [5.41, 5.74) is 3.74. The predicted octanol–water partition coefficient (Wildman–Crippen LogP) is 4.18. The first-order chi connectivity index (χ1) is 16.7. The fourth-order valence-corrected chi connectivity index (χ4v) is 6.09. The van der Waals surface area contributed by atoms with Gasteiger partial charge in [0.2, 0.25) is 0 Å². The zero-order valence-corrected chi connectivity index (χ0v) is 20.3. The van der Waals surface area contributed by atoms with Gasteiger partial charge in [-0.3, -0.25) is 14.3 Å². The van der Waals surface area contributed by atoms with Crippen LogP contribution < -0.4 is 15.6 Å². The molecule has 4 aromatic rings. The maximum absolute atomic E-state index is 13.3. The van der Waals surface area contributed by atoms with Crippen molar-refractivity contribution in [1.82, 2.24) is 19.9 Å². The third-order valence-electron chi connectivity index (χ3n) is 6.67. The van der Waals surface area contributed by atoms with E-state index in [2.05, 4.69) is 27.4 Å². The molecule has 0 fully saturated rings. The van der Waals surface area contributed by atoms with Crippen LogP contribution in [0.4, 0.5) is 0 Å². The molecule has 5 rings (SSSR count). The third kappa shape index (κ3) is 4.91. The number of rotatable bonds is 9. The van der Waals surface area contributed by atoms with E-state index >= 15 is 0 Å². The Bertz CT molecular complexity index is 1320. The molecule has 3 aromatic heterocycles. The third-order valence-corrected chi connectivity index (χ3v) is 7.84. The van der Waals surface area contributed by atoms with E-state index in [1.54, 1.807) is 29.3 Å². The summed E-state index contributed by atoms with van der Waals surface area (Å²) < 4.78 is 7.21. The van der Waals surface area contributed by atoms with Gasteiger partial charge in [-0.15, -0.1) is 11.3 Å². The SMILES string of the molecule is COc1ccccc1CCn1cnc2sc3c(c2c1=O)CCC(NCCCc1ccncc1)C3. The van der Waals surface area contributed by atoms with Gasteiger partial charge in [0, 0.05) is 29.9 Å². The zero-order valence-electron chi connectivity index (χ0n) is 19.5. The Hall–Kier alpha value is -3.03. The molecule has 1 N–H and O–H groups in total. The van der Waals surface area contributed by atoms with Gasteiger partial charge in [0.1, 0.15) is 10.6 Å². The lowest BCUT2D eigenvalue weighted by molar-refractivity contribution is 0.408. The number of ether oxygens (including phenoxy) is 1. The number of aryl methyl sites for hydroxylation is 4. The number of hydrogen-bond acceptors (Lipinski definition) is 6. The quantitative estimate of drug-likeness (QED) is 0.369. The Morgan fingerprint density at radius 3 is 2.88 bits per heavy atom. The Labute approximate surface area is 203 Å². The molecular weight excluding hydrogens is 444 g/mol. The summed E-state index contributed by atoms with van der Waals surface area (Å²) in [4.78, 5) is 24.3. The van der Waals surface area contributed by atoms with Gasteiger partial charge in [-0.1, -0.05) is 18.2 Å². The van der Waals surface area contributed by atoms with Crippen molar-refractivity contribution in [2.45, 2.75) is 51.1 Å². The summed E-state index contributed by atoms with van der Waals surface area (Å²) in [7, 11) is 1.68. The van der Waals surface area contributed by atoms with E-state index in [4.69, 9.17) is 4.74 Å². The number of benzene rings is 1. The van der Waals surface area contributed by atoms with Gasteiger partial charge in [0.15, 0.2) is 0 Å². The van der Waals surface area contributed by atoms with Gasteiger partial charge in [-0.2, -0.15) is 0 Å². The first-order valence-electron chi connectivity index (χ1n) is 12.0. The van der Waals surface area contributed by atoms with Crippen molar-refractivity contribution >= 4 is 21.6 Å². The molecule has 0 amide bonds. The van der Waals surface area contributed by atoms with Crippen molar-refractivity contribution in [3.05, 3.63) is 87.0 Å². The van der Waals surface area contributed by atoms with E-state index in [9.17, 15) is 4.79 Å². The fraction of sp³-hybridized carbons (Fsp3) is 0.370. The highest BCUT2D eigenvalue weighted by Crippen LogP contribution is 2.33. The normalized spacial score (nSPS) is 15.4. The Morgan fingerprint density at radius 1 is 1.18 bits per heavy atom. The van der Waals surface area contributed by atoms with E-state index in [1.807, 2.05) is 36.7 Å². The minimum absolute atomic E-state index is 0.0844. The molecule has 1 atom stereocenters. The van der Waals surface area contributed by atoms with E-state index in [0.717, 1.165) is 66.6 Å². The minimum atomic E-state index is 0.0844. The van der Waals surface area contributed by atoms with Gasteiger partial charge in [0.05, 0.1) is 18.8 Å². The first kappa shape index (κ1) is 22.7. The summed E-state index contributed by atoms with van der Waals surface area (Å²) >= 11 is 1.69. The van der Waals surface area contributed by atoms with Crippen LogP contribution in [0.1, 0.15) is 34.4 Å². The molecule has 0 spiro atoms. The van der Waals surface area contributed by atoms with Crippen molar-refractivity contribution in [2.24, 2.45) is 0 Å². The summed E-state index contributed by atoms with van der Waals surface area (Å²) in [5.74, 6) is 0.858. The molecule has 0 saturated heterocycles. The van der Waals surface area contributed by atoms with Crippen molar-refractivity contribution in [3.63, 3.8) is 0 Å². The Kier molecular flexibility index (Phi) is 7.02. The smallest absolute Gasteiger partial charge is 0.262 e. The number of hydrogen-bond donors (Lipinski definition) is 1. The molecule has 3 heterocycles. The lowest BCUT2D eigenvalue weighted by atomic mass is 9.93. The lowest BCUT2D eigenvalue weighted by Gasteiger charge is -2.23. The highest BCUT2D eigenvalue weighted by atomic mass is 32.1. The maximum atomic E-state index is 13.3. The van der Waals surface area contributed by atoms with Gasteiger partial charge in [-0.25, -0.2) is 4.98 Å². The van der Waals surface area contributed by atoms with Gasteiger partial charge in [-0.05, 0) is 80.0 Å². The Balaban J connectivity index is 1.24. The van der Waals surface area contributed by atoms with Crippen molar-refractivity contribution in [1.29, 1.82) is 0 Å². The second-order valence-electron chi connectivity index (χ2n) is 8.84. The number of methoxy groups -OCH3 is 1. The second-order valence-corrected chi connectivity index (χ2v) is 9.93. The molecule has 34 heavy (non-hydrogen) atoms. The molecule has 176 valence electrons. The van der Waals surface area contributed by atoms with Crippen LogP contribution in [-0.2, 0) is 32.2 Å². The average molecular weight is 475 g/mol. The van der Waals surface area contributed by atoms with E-state index < -0.39 is 0 Å². The van der Waals surface area contributed by atoms with Crippen LogP contribution in [0.25, 0.3) is 10.2 Å². The summed E-state index contributed by atoms with van der Waals surface area (Å²) in [5, 5.41) is 4.56. The molecule has 0 aliphatic heterocycles. The average Bonchev–Trinajstić information content (AvgIpc) is 3.25. The topological polar surface area (TPSA) is 69.0 Å². The predicted molar refractivity (Wildman–Crippen MR) is 137 cm³/mol. The molecular formula is C27H30N4O2S. The molecule has 7 heteroatoms. The van der Waals surface area contributed by atoms with E-state index in [1.165, 1.54) is 16.0 Å². The van der Waals surface area contributed by atoms with Crippen molar-refractivity contribution in [3.8, 4) is 5.75 Å². The number of para-hydroxylation sites is 1. The van der Waals surface area contributed by atoms with Crippen LogP contribution >= 0.6 is 11.3 Å². The highest BCUT2D eigenvalue weighted by molar-refractivity contribution is 7.18. The molecule has 1 aromatic carbocycles. The van der Waals surface area contributed by atoms with Crippen molar-refractivity contribution < 1.29 is 4.74 Å². The zero-order chi connectivity index (χ0) is 23.3. The summed E-state index contributed by atoms with van der Waals surface area (Å²) in [6.07, 6.45) is 11.3. The van der Waals surface area contributed by atoms with E-state index in [-0.39, 0.29) is 5.56 Å². The molecule has 1 aliphatic rings. The summed E-state index contributed by atoms with van der Waals surface area (Å²) in [6.45, 7) is 1.59. The monoisotopic (exact) mass is 474 g/mol. The van der Waals surface area contributed by atoms with Crippen molar-refractivity contribution in [2.75, 3.05) is 13.7 Å². The van der Waals surface area contributed by atoms with Crippen LogP contribution in [-0.4, -0.2) is 34.2 Å².